The van der Waals surface area contributed by atoms with Gasteiger partial charge in [-0.15, -0.1) is 0 Å². The van der Waals surface area contributed by atoms with Crippen molar-refractivity contribution in [2.75, 3.05) is 26.9 Å². The lowest BCUT2D eigenvalue weighted by molar-refractivity contribution is 0.139. The first-order chi connectivity index (χ1) is 9.78. The van der Waals surface area contributed by atoms with Gasteiger partial charge in [-0.1, -0.05) is 18.0 Å². The van der Waals surface area contributed by atoms with E-state index in [0.717, 1.165) is 25.4 Å². The summed E-state index contributed by atoms with van der Waals surface area (Å²) in [5, 5.41) is 3.94. The summed E-state index contributed by atoms with van der Waals surface area (Å²) in [4.78, 5) is 2.54. The molecule has 0 amide bonds. The van der Waals surface area contributed by atoms with Gasteiger partial charge in [-0.2, -0.15) is 0 Å². The fourth-order valence-corrected chi connectivity index (χ4v) is 3.37. The smallest absolute Gasteiger partial charge is 0.231 e. The Balaban J connectivity index is 1.74. The Hall–Kier alpha value is -0.970. The minimum atomic E-state index is 0.268. The maximum Gasteiger partial charge on any atom is 0.231 e. The van der Waals surface area contributed by atoms with Crippen molar-refractivity contribution in [3.8, 4) is 11.5 Å². The largest absolute Gasteiger partial charge is 0.454 e. The van der Waals surface area contributed by atoms with E-state index in [9.17, 15) is 0 Å². The summed E-state index contributed by atoms with van der Waals surface area (Å²) in [6, 6.07) is 4.66. The molecular weight excluding hydrogens is 276 g/mol. The van der Waals surface area contributed by atoms with E-state index in [4.69, 9.17) is 21.1 Å². The molecule has 1 atom stereocenters. The molecule has 2 aliphatic rings. The summed E-state index contributed by atoms with van der Waals surface area (Å²) in [5.74, 6) is 1.45. The molecule has 0 aromatic heterocycles. The van der Waals surface area contributed by atoms with Crippen LogP contribution < -0.4 is 14.8 Å². The Kier molecular flexibility index (Phi) is 4.34. The molecule has 0 aliphatic carbocycles. The Morgan fingerprint density at radius 1 is 1.35 bits per heavy atom. The summed E-state index contributed by atoms with van der Waals surface area (Å²) in [7, 11) is 2.02. The number of fused-ring (bicyclic) bond motifs is 1. The van der Waals surface area contributed by atoms with Gasteiger partial charge in [0.15, 0.2) is 11.5 Å². The van der Waals surface area contributed by atoms with Crippen molar-refractivity contribution in [2.24, 2.45) is 0 Å². The van der Waals surface area contributed by atoms with Crippen molar-refractivity contribution in [3.05, 3.63) is 22.7 Å². The van der Waals surface area contributed by atoms with E-state index in [1.54, 1.807) is 0 Å². The van der Waals surface area contributed by atoms with Crippen LogP contribution in [-0.4, -0.2) is 37.9 Å². The van der Waals surface area contributed by atoms with Crippen molar-refractivity contribution in [1.82, 2.24) is 10.2 Å². The van der Waals surface area contributed by atoms with E-state index in [2.05, 4.69) is 16.3 Å². The molecule has 20 heavy (non-hydrogen) atoms. The number of hydrogen-bond donors (Lipinski definition) is 1. The Morgan fingerprint density at radius 2 is 2.25 bits per heavy atom. The number of hydrogen-bond acceptors (Lipinski definition) is 4. The summed E-state index contributed by atoms with van der Waals surface area (Å²) < 4.78 is 10.8. The molecule has 1 fully saturated rings. The second kappa shape index (κ2) is 6.20. The molecule has 2 heterocycles. The zero-order valence-electron chi connectivity index (χ0n) is 11.8. The second-order valence-electron chi connectivity index (χ2n) is 5.49. The van der Waals surface area contributed by atoms with Gasteiger partial charge in [0, 0.05) is 19.1 Å². The Morgan fingerprint density at radius 3 is 3.10 bits per heavy atom. The molecule has 1 unspecified atom stereocenters. The highest BCUT2D eigenvalue weighted by molar-refractivity contribution is 6.32. The first-order valence-corrected chi connectivity index (χ1v) is 7.62. The van der Waals surface area contributed by atoms with Crippen LogP contribution in [0.3, 0.4) is 0 Å². The van der Waals surface area contributed by atoms with Crippen LogP contribution in [-0.2, 0) is 6.54 Å². The average molecular weight is 297 g/mol. The number of benzene rings is 1. The number of nitrogens with one attached hydrogen (secondary N) is 1. The number of rotatable bonds is 4. The molecular formula is C15H21ClN2O2. The highest BCUT2D eigenvalue weighted by Crippen LogP contribution is 2.40. The van der Waals surface area contributed by atoms with Crippen molar-refractivity contribution < 1.29 is 9.47 Å². The van der Waals surface area contributed by atoms with Crippen molar-refractivity contribution >= 4 is 11.6 Å². The zero-order valence-corrected chi connectivity index (χ0v) is 12.6. The summed E-state index contributed by atoms with van der Waals surface area (Å²) in [6.45, 7) is 3.38. The van der Waals surface area contributed by atoms with Gasteiger partial charge in [0.05, 0.1) is 5.02 Å². The molecule has 1 aromatic carbocycles. The second-order valence-corrected chi connectivity index (χ2v) is 5.90. The third-order valence-corrected chi connectivity index (χ3v) is 4.34. The zero-order chi connectivity index (χ0) is 13.9. The quantitative estimate of drug-likeness (QED) is 0.926. The van der Waals surface area contributed by atoms with Gasteiger partial charge in [0.2, 0.25) is 6.79 Å². The van der Waals surface area contributed by atoms with E-state index in [1.165, 1.54) is 24.8 Å². The molecule has 0 spiro atoms. The van der Waals surface area contributed by atoms with Crippen molar-refractivity contribution in [1.29, 1.82) is 0 Å². The highest BCUT2D eigenvalue weighted by atomic mass is 35.5. The van der Waals surface area contributed by atoms with Gasteiger partial charge in [-0.05, 0) is 44.1 Å². The summed E-state index contributed by atoms with van der Waals surface area (Å²) in [5.41, 5.74) is 1.20. The average Bonchev–Trinajstić information content (AvgIpc) is 2.90. The van der Waals surface area contributed by atoms with Gasteiger partial charge in [-0.25, -0.2) is 0 Å². The lowest BCUT2D eigenvalue weighted by atomic mass is 10.0. The molecule has 0 radical (unpaired) electrons. The van der Waals surface area contributed by atoms with Crippen molar-refractivity contribution in [2.45, 2.75) is 31.8 Å². The van der Waals surface area contributed by atoms with Crippen LogP contribution in [0.15, 0.2) is 12.1 Å². The lowest BCUT2D eigenvalue weighted by Gasteiger charge is -2.35. The third-order valence-electron chi connectivity index (χ3n) is 4.06. The normalized spacial score (nSPS) is 22.2. The predicted octanol–water partition coefficient (Wildman–Crippen LogP) is 2.64. The fourth-order valence-electron chi connectivity index (χ4n) is 3.08. The number of ether oxygens (including phenoxy) is 2. The summed E-state index contributed by atoms with van der Waals surface area (Å²) >= 11 is 6.25. The molecule has 5 heteroatoms. The lowest BCUT2D eigenvalue weighted by Crippen LogP contribution is -2.44. The minimum Gasteiger partial charge on any atom is -0.454 e. The SMILES string of the molecule is CNCC1CCCCN1Cc1cc(Cl)c2c(c1)OCO2. The highest BCUT2D eigenvalue weighted by Gasteiger charge is 2.24. The molecule has 110 valence electrons. The van der Waals surface area contributed by atoms with Crippen LogP contribution in [0.4, 0.5) is 0 Å². The number of likely N-dealkylation sites (tertiary alicyclic amines) is 1. The number of halogens is 1. The number of piperidine rings is 1. The standard InChI is InChI=1S/C15H21ClN2O2/c1-17-8-12-4-2-3-5-18(12)9-11-6-13(16)15-14(7-11)19-10-20-15/h6-7,12,17H,2-5,8-10H2,1H3. The van der Waals surface area contributed by atoms with E-state index >= 15 is 0 Å². The van der Waals surface area contributed by atoms with Gasteiger partial charge >= 0.3 is 0 Å². The van der Waals surface area contributed by atoms with Crippen LogP contribution in [0.5, 0.6) is 11.5 Å². The Bertz CT molecular complexity index is 479. The van der Waals surface area contributed by atoms with Crippen LogP contribution in [0.25, 0.3) is 0 Å². The molecule has 0 bridgehead atoms. The molecule has 0 saturated carbocycles. The molecule has 3 rings (SSSR count). The van der Waals surface area contributed by atoms with Crippen LogP contribution >= 0.6 is 11.6 Å². The van der Waals surface area contributed by atoms with Crippen molar-refractivity contribution in [3.63, 3.8) is 0 Å². The van der Waals surface area contributed by atoms with E-state index in [1.807, 2.05) is 13.1 Å². The molecule has 2 aliphatic heterocycles. The monoisotopic (exact) mass is 296 g/mol. The Labute approximate surface area is 125 Å². The number of likely N-dealkylation sites (N-methyl/N-ethyl adjacent to an activating group) is 1. The topological polar surface area (TPSA) is 33.7 Å². The molecule has 1 N–H and O–H groups in total. The minimum absolute atomic E-state index is 0.268. The van der Waals surface area contributed by atoms with Gasteiger partial charge in [0.1, 0.15) is 0 Å². The summed E-state index contributed by atoms with van der Waals surface area (Å²) in [6.07, 6.45) is 3.86. The van der Waals surface area contributed by atoms with Crippen LogP contribution in [0.1, 0.15) is 24.8 Å². The van der Waals surface area contributed by atoms with E-state index < -0.39 is 0 Å². The fraction of sp³-hybridized carbons (Fsp3) is 0.600. The van der Waals surface area contributed by atoms with Crippen LogP contribution in [0, 0.1) is 0 Å². The molecule has 4 nitrogen and oxygen atoms in total. The third kappa shape index (κ3) is 2.87. The molecule has 1 aromatic rings. The maximum absolute atomic E-state index is 6.25. The van der Waals surface area contributed by atoms with Gasteiger partial charge in [0.25, 0.3) is 0 Å². The predicted molar refractivity (Wildman–Crippen MR) is 79.6 cm³/mol. The van der Waals surface area contributed by atoms with E-state index in [-0.39, 0.29) is 6.79 Å². The van der Waals surface area contributed by atoms with Crippen LogP contribution in [0.2, 0.25) is 5.02 Å². The maximum atomic E-state index is 6.25. The van der Waals surface area contributed by atoms with Gasteiger partial charge in [-0.3, -0.25) is 4.90 Å². The first kappa shape index (κ1) is 14.0. The van der Waals surface area contributed by atoms with Gasteiger partial charge < -0.3 is 14.8 Å². The number of nitrogens with zero attached hydrogens (tertiary/aromatic N) is 1. The first-order valence-electron chi connectivity index (χ1n) is 7.24. The molecule has 1 saturated heterocycles. The van der Waals surface area contributed by atoms with E-state index in [0.29, 0.717) is 16.8 Å².